The average Bonchev–Trinajstić information content (AvgIpc) is 3.27. The molecule has 2 aliphatic rings. The Balaban J connectivity index is 1.57. The van der Waals surface area contributed by atoms with E-state index in [0.717, 1.165) is 48.1 Å². The molecule has 136 valence electrons. The van der Waals surface area contributed by atoms with Gasteiger partial charge in [0.2, 0.25) is 0 Å². The Morgan fingerprint density at radius 3 is 2.35 bits per heavy atom. The fourth-order valence-corrected chi connectivity index (χ4v) is 4.01. The highest BCUT2D eigenvalue weighted by molar-refractivity contribution is 6.23. The normalized spacial score (nSPS) is 17.9. The smallest absolute Gasteiger partial charge is 0.194 e. The number of fused-ring (bicyclic) bond motifs is 3. The molecule has 1 saturated heterocycles. The average molecular weight is 351 g/mol. The zero-order valence-electron chi connectivity index (χ0n) is 15.2. The molecule has 0 saturated carbocycles. The number of nitrogens with one attached hydrogen (secondary N) is 1. The van der Waals surface area contributed by atoms with Gasteiger partial charge in [0.25, 0.3) is 0 Å². The summed E-state index contributed by atoms with van der Waals surface area (Å²) < 4.78 is 11.9. The maximum Gasteiger partial charge on any atom is 0.194 e. The van der Waals surface area contributed by atoms with Gasteiger partial charge < -0.3 is 14.8 Å². The minimum absolute atomic E-state index is 0.0547. The van der Waals surface area contributed by atoms with Crippen LogP contribution in [0, 0.1) is 5.92 Å². The molecule has 4 nitrogen and oxygen atoms in total. The topological polar surface area (TPSA) is 47.6 Å². The molecular weight excluding hydrogens is 326 g/mol. The molecule has 1 unspecified atom stereocenters. The third-order valence-corrected chi connectivity index (χ3v) is 5.27. The summed E-state index contributed by atoms with van der Waals surface area (Å²) in [7, 11) is 0. The summed E-state index contributed by atoms with van der Waals surface area (Å²) >= 11 is 0. The summed E-state index contributed by atoms with van der Waals surface area (Å²) in [6.07, 6.45) is 3.48. The quantitative estimate of drug-likeness (QED) is 0.652. The van der Waals surface area contributed by atoms with Crippen molar-refractivity contribution in [2.24, 2.45) is 5.92 Å². The molecule has 1 N–H and O–H groups in total. The fourth-order valence-electron chi connectivity index (χ4n) is 4.01. The molecule has 1 fully saturated rings. The van der Waals surface area contributed by atoms with Gasteiger partial charge >= 0.3 is 0 Å². The first-order valence-corrected chi connectivity index (χ1v) is 9.57. The first kappa shape index (κ1) is 17.1. The van der Waals surface area contributed by atoms with Crippen LogP contribution in [-0.2, 0) is 0 Å². The molecule has 4 heteroatoms. The Morgan fingerprint density at radius 2 is 1.73 bits per heavy atom. The van der Waals surface area contributed by atoms with Gasteiger partial charge in [-0.1, -0.05) is 24.3 Å². The zero-order valence-corrected chi connectivity index (χ0v) is 15.2. The van der Waals surface area contributed by atoms with Crippen LogP contribution in [-0.4, -0.2) is 32.1 Å². The lowest BCUT2D eigenvalue weighted by Crippen LogP contribution is -2.10. The highest BCUT2D eigenvalue weighted by Crippen LogP contribution is 2.47. The molecule has 0 aromatic heterocycles. The molecule has 26 heavy (non-hydrogen) atoms. The summed E-state index contributed by atoms with van der Waals surface area (Å²) in [5.74, 6) is 2.36. The maximum atomic E-state index is 12.8. The van der Waals surface area contributed by atoms with Crippen LogP contribution in [0.2, 0.25) is 0 Å². The number of carbonyl (C=O) groups is 1. The minimum atomic E-state index is 0.0547. The van der Waals surface area contributed by atoms with E-state index in [0.29, 0.717) is 24.3 Å². The number of ether oxygens (including phenoxy) is 2. The molecular formula is C22H25NO3. The van der Waals surface area contributed by atoms with Crippen LogP contribution in [0.5, 0.6) is 11.5 Å². The van der Waals surface area contributed by atoms with Crippen LogP contribution in [0.4, 0.5) is 0 Å². The molecule has 0 amide bonds. The van der Waals surface area contributed by atoms with E-state index in [1.54, 1.807) is 0 Å². The Labute approximate surface area is 154 Å². The van der Waals surface area contributed by atoms with E-state index in [9.17, 15) is 4.79 Å². The van der Waals surface area contributed by atoms with E-state index >= 15 is 0 Å². The summed E-state index contributed by atoms with van der Waals surface area (Å²) in [5.41, 5.74) is 3.19. The number of carbonyl (C=O) groups excluding carboxylic acids is 1. The first-order valence-electron chi connectivity index (χ1n) is 9.57. The van der Waals surface area contributed by atoms with Crippen molar-refractivity contribution in [2.75, 3.05) is 26.3 Å². The molecule has 1 atom stereocenters. The monoisotopic (exact) mass is 351 g/mol. The predicted molar refractivity (Wildman–Crippen MR) is 102 cm³/mol. The lowest BCUT2D eigenvalue weighted by Gasteiger charge is -2.14. The van der Waals surface area contributed by atoms with Crippen LogP contribution in [0.3, 0.4) is 0 Å². The van der Waals surface area contributed by atoms with Crippen LogP contribution < -0.4 is 14.8 Å². The fraction of sp³-hybridized carbons (Fsp3) is 0.409. The lowest BCUT2D eigenvalue weighted by molar-refractivity contribution is 0.104. The largest absolute Gasteiger partial charge is 0.493 e. The van der Waals surface area contributed by atoms with Crippen molar-refractivity contribution in [3.63, 3.8) is 0 Å². The molecule has 2 aromatic carbocycles. The van der Waals surface area contributed by atoms with Crippen molar-refractivity contribution >= 4 is 5.78 Å². The van der Waals surface area contributed by atoms with Gasteiger partial charge in [-0.3, -0.25) is 4.79 Å². The van der Waals surface area contributed by atoms with Crippen molar-refractivity contribution in [3.05, 3.63) is 47.5 Å². The highest BCUT2D eigenvalue weighted by Gasteiger charge is 2.32. The molecule has 1 aliphatic carbocycles. The Hall–Kier alpha value is -2.33. The van der Waals surface area contributed by atoms with Crippen LogP contribution in [0.25, 0.3) is 11.1 Å². The van der Waals surface area contributed by atoms with Crippen molar-refractivity contribution in [1.82, 2.24) is 5.32 Å². The zero-order chi connectivity index (χ0) is 17.9. The van der Waals surface area contributed by atoms with E-state index in [-0.39, 0.29) is 5.78 Å². The third kappa shape index (κ3) is 3.10. The van der Waals surface area contributed by atoms with Crippen molar-refractivity contribution in [1.29, 1.82) is 0 Å². The Bertz CT molecular complexity index is 809. The van der Waals surface area contributed by atoms with Gasteiger partial charge in [-0.25, -0.2) is 0 Å². The molecule has 4 rings (SSSR count). The Morgan fingerprint density at radius 1 is 1.04 bits per heavy atom. The van der Waals surface area contributed by atoms with Crippen LogP contribution in [0.1, 0.15) is 42.1 Å². The maximum absolute atomic E-state index is 12.8. The van der Waals surface area contributed by atoms with Crippen molar-refractivity contribution in [2.45, 2.75) is 26.2 Å². The first-order chi connectivity index (χ1) is 12.8. The summed E-state index contributed by atoms with van der Waals surface area (Å²) in [6, 6.07) is 11.4. The number of benzene rings is 2. The van der Waals surface area contributed by atoms with Crippen molar-refractivity contribution < 1.29 is 14.3 Å². The van der Waals surface area contributed by atoms with Gasteiger partial charge in [-0.05, 0) is 57.3 Å². The van der Waals surface area contributed by atoms with Gasteiger partial charge in [-0.2, -0.15) is 0 Å². The van der Waals surface area contributed by atoms with E-state index in [4.69, 9.17) is 9.47 Å². The SMILES string of the molecule is CCOc1cccc2c1-c1c(OCCCC3CCNC3)cccc1C2=O. The number of rotatable bonds is 7. The second-order valence-corrected chi connectivity index (χ2v) is 6.97. The predicted octanol–water partition coefficient (Wildman–Crippen LogP) is 4.07. The molecule has 2 aromatic rings. The van der Waals surface area contributed by atoms with Gasteiger partial charge in [-0.15, -0.1) is 0 Å². The van der Waals surface area contributed by atoms with E-state index in [1.165, 1.54) is 12.8 Å². The number of hydrogen-bond acceptors (Lipinski definition) is 4. The second-order valence-electron chi connectivity index (χ2n) is 6.97. The highest BCUT2D eigenvalue weighted by atomic mass is 16.5. The lowest BCUT2D eigenvalue weighted by atomic mass is 10.0. The molecule has 1 aliphatic heterocycles. The molecule has 0 bridgehead atoms. The van der Waals surface area contributed by atoms with Crippen molar-refractivity contribution in [3.8, 4) is 22.6 Å². The molecule has 1 heterocycles. The molecule has 0 spiro atoms. The van der Waals surface area contributed by atoms with Gasteiger partial charge in [0, 0.05) is 22.3 Å². The molecule has 0 radical (unpaired) electrons. The number of hydrogen-bond donors (Lipinski definition) is 1. The van der Waals surface area contributed by atoms with E-state index in [1.807, 2.05) is 43.3 Å². The Kier molecular flexibility index (Phi) is 4.93. The second kappa shape index (κ2) is 7.50. The number of ketones is 1. The third-order valence-electron chi connectivity index (χ3n) is 5.27. The standard InChI is InChI=1S/C22H25NO3/c1-2-25-18-9-3-7-16-20(18)21-17(22(16)24)8-4-10-19(21)26-13-5-6-15-11-12-23-14-15/h3-4,7-10,15,23H,2,5-6,11-14H2,1H3. The van der Waals surface area contributed by atoms with Crippen LogP contribution in [0.15, 0.2) is 36.4 Å². The van der Waals surface area contributed by atoms with Crippen LogP contribution >= 0.6 is 0 Å². The summed E-state index contributed by atoms with van der Waals surface area (Å²) in [4.78, 5) is 12.8. The van der Waals surface area contributed by atoms with Gasteiger partial charge in [0.15, 0.2) is 5.78 Å². The summed E-state index contributed by atoms with van der Waals surface area (Å²) in [5, 5.41) is 3.41. The van der Waals surface area contributed by atoms with E-state index < -0.39 is 0 Å². The van der Waals surface area contributed by atoms with Gasteiger partial charge in [0.1, 0.15) is 11.5 Å². The van der Waals surface area contributed by atoms with E-state index in [2.05, 4.69) is 5.32 Å². The summed E-state index contributed by atoms with van der Waals surface area (Å²) in [6.45, 7) is 5.46. The van der Waals surface area contributed by atoms with Gasteiger partial charge in [0.05, 0.1) is 13.2 Å². The minimum Gasteiger partial charge on any atom is -0.493 e.